The van der Waals surface area contributed by atoms with Gasteiger partial charge < -0.3 is 20.4 Å². The molecule has 2 N–H and O–H groups in total. The number of anilines is 2. The molecule has 0 atom stereocenters. The zero-order valence-electron chi connectivity index (χ0n) is 16.8. The van der Waals surface area contributed by atoms with E-state index < -0.39 is 0 Å². The molecular formula is C19H26IN7O2. The van der Waals surface area contributed by atoms with Crippen LogP contribution in [-0.4, -0.2) is 59.1 Å². The zero-order valence-corrected chi connectivity index (χ0v) is 19.1. The van der Waals surface area contributed by atoms with Crippen LogP contribution in [0.15, 0.2) is 41.7 Å². The van der Waals surface area contributed by atoms with Gasteiger partial charge in [-0.3, -0.25) is 19.3 Å². The second-order valence-corrected chi connectivity index (χ2v) is 6.62. The van der Waals surface area contributed by atoms with Crippen molar-refractivity contribution in [3.8, 4) is 0 Å². The predicted molar refractivity (Wildman–Crippen MR) is 123 cm³/mol. The molecule has 1 fully saturated rings. The number of aromatic nitrogens is 2. The minimum atomic E-state index is -0.106. The summed E-state index contributed by atoms with van der Waals surface area (Å²) in [7, 11) is 3.53. The van der Waals surface area contributed by atoms with Crippen LogP contribution in [0, 0.1) is 0 Å². The van der Waals surface area contributed by atoms with Gasteiger partial charge in [0.15, 0.2) is 5.96 Å². The number of hydrogen-bond acceptors (Lipinski definition) is 4. The lowest BCUT2D eigenvalue weighted by Crippen LogP contribution is -2.55. The fraction of sp³-hybridized carbons (Fsp3) is 0.368. The Labute approximate surface area is 187 Å². The molecule has 0 bridgehead atoms. The molecule has 0 radical (unpaired) electrons. The number of aliphatic imine (C=N–C) groups is 1. The minimum absolute atomic E-state index is 0. The summed E-state index contributed by atoms with van der Waals surface area (Å²) in [4.78, 5) is 31.8. The van der Waals surface area contributed by atoms with Gasteiger partial charge in [-0.2, -0.15) is 5.10 Å². The van der Waals surface area contributed by atoms with Crippen LogP contribution in [0.5, 0.6) is 0 Å². The van der Waals surface area contributed by atoms with Crippen LogP contribution < -0.4 is 15.5 Å². The lowest BCUT2D eigenvalue weighted by molar-refractivity contribution is -0.120. The highest BCUT2D eigenvalue weighted by Gasteiger charge is 2.27. The largest absolute Gasteiger partial charge is 0.352 e. The molecule has 2 aromatic rings. The molecule has 0 aliphatic carbocycles. The Morgan fingerprint density at radius 2 is 2.10 bits per heavy atom. The molecule has 1 aromatic carbocycles. The van der Waals surface area contributed by atoms with E-state index in [0.29, 0.717) is 25.6 Å². The average Bonchev–Trinajstić information content (AvgIpc) is 3.08. The van der Waals surface area contributed by atoms with Crippen molar-refractivity contribution in [3.63, 3.8) is 0 Å². The Morgan fingerprint density at radius 3 is 2.72 bits per heavy atom. The fourth-order valence-electron chi connectivity index (χ4n) is 3.15. The summed E-state index contributed by atoms with van der Waals surface area (Å²) in [5.74, 6) is 0.574. The molecule has 2 amide bonds. The molecule has 0 spiro atoms. The number of carbonyl (C=O) groups is 2. The van der Waals surface area contributed by atoms with E-state index in [4.69, 9.17) is 0 Å². The summed E-state index contributed by atoms with van der Waals surface area (Å²) in [6.45, 7) is 3.52. The molecule has 9 nitrogen and oxygen atoms in total. The van der Waals surface area contributed by atoms with E-state index in [9.17, 15) is 9.59 Å². The molecule has 1 aliphatic rings. The molecule has 10 heteroatoms. The van der Waals surface area contributed by atoms with Crippen LogP contribution in [0.2, 0.25) is 0 Å². The van der Waals surface area contributed by atoms with E-state index in [2.05, 4.69) is 20.7 Å². The molecule has 1 saturated heterocycles. The summed E-state index contributed by atoms with van der Waals surface area (Å²) in [6, 6.07) is 7.61. The quantitative estimate of drug-likeness (QED) is 0.368. The van der Waals surface area contributed by atoms with E-state index in [1.165, 1.54) is 6.92 Å². The first-order chi connectivity index (χ1) is 13.5. The first-order valence-electron chi connectivity index (χ1n) is 9.07. The lowest BCUT2D eigenvalue weighted by Gasteiger charge is -2.35. The van der Waals surface area contributed by atoms with Gasteiger partial charge in [0, 0.05) is 52.5 Å². The van der Waals surface area contributed by atoms with Gasteiger partial charge in [0.25, 0.3) is 0 Å². The van der Waals surface area contributed by atoms with Gasteiger partial charge in [-0.15, -0.1) is 24.0 Å². The van der Waals surface area contributed by atoms with Gasteiger partial charge in [-0.25, -0.2) is 0 Å². The monoisotopic (exact) mass is 511 g/mol. The van der Waals surface area contributed by atoms with Gasteiger partial charge >= 0.3 is 0 Å². The smallest absolute Gasteiger partial charge is 0.246 e. The van der Waals surface area contributed by atoms with Gasteiger partial charge in [0.05, 0.1) is 11.9 Å². The van der Waals surface area contributed by atoms with Crippen LogP contribution >= 0.6 is 24.0 Å². The molecule has 156 valence electrons. The minimum Gasteiger partial charge on any atom is -0.352 e. The summed E-state index contributed by atoms with van der Waals surface area (Å²) in [6.07, 6.45) is 3.53. The number of rotatable bonds is 4. The number of aryl methyl sites for hydroxylation is 1. The molecule has 2 heterocycles. The van der Waals surface area contributed by atoms with Crippen molar-refractivity contribution in [2.45, 2.75) is 13.5 Å². The highest BCUT2D eigenvalue weighted by atomic mass is 127. The number of halogens is 1. The van der Waals surface area contributed by atoms with Crippen LogP contribution in [-0.2, 0) is 23.2 Å². The second kappa shape index (κ2) is 10.2. The topological polar surface area (TPSA) is 94.9 Å². The van der Waals surface area contributed by atoms with Crippen molar-refractivity contribution in [1.29, 1.82) is 0 Å². The first kappa shape index (κ1) is 22.7. The van der Waals surface area contributed by atoms with Gasteiger partial charge in [0.1, 0.15) is 6.54 Å². The van der Waals surface area contributed by atoms with E-state index in [-0.39, 0.29) is 42.3 Å². The van der Waals surface area contributed by atoms with Crippen molar-refractivity contribution in [3.05, 3.63) is 42.2 Å². The van der Waals surface area contributed by atoms with Crippen molar-refractivity contribution >= 4 is 53.1 Å². The number of benzene rings is 1. The Balaban J connectivity index is 0.00000300. The second-order valence-electron chi connectivity index (χ2n) is 6.62. The van der Waals surface area contributed by atoms with Gasteiger partial charge in [0.2, 0.25) is 11.8 Å². The first-order valence-corrected chi connectivity index (χ1v) is 9.07. The standard InChI is InChI=1S/C19H25N7O2.HI/c1-14(27)23-16-6-4-5-15(9-16)10-21-19(20-2)25-7-8-26(18(28)13-25)17-11-22-24(3)12-17;/h4-6,9,11-12H,7-8,10,13H2,1-3H3,(H,20,21)(H,23,27);1H. The summed E-state index contributed by atoms with van der Waals surface area (Å²) >= 11 is 0. The molecular weight excluding hydrogens is 485 g/mol. The molecule has 0 saturated carbocycles. The number of piperazine rings is 1. The Hall–Kier alpha value is -2.63. The molecule has 29 heavy (non-hydrogen) atoms. The molecule has 3 rings (SSSR count). The Bertz CT molecular complexity index is 896. The number of nitrogens with zero attached hydrogens (tertiary/aromatic N) is 5. The Morgan fingerprint density at radius 1 is 1.31 bits per heavy atom. The molecule has 1 aromatic heterocycles. The SMILES string of the molecule is CN=C(NCc1cccc(NC(C)=O)c1)N1CCN(c2cnn(C)c2)C(=O)C1.I. The highest BCUT2D eigenvalue weighted by Crippen LogP contribution is 2.16. The Kier molecular flexibility index (Phi) is 8.00. The number of nitrogens with one attached hydrogen (secondary N) is 2. The predicted octanol–water partition coefficient (Wildman–Crippen LogP) is 1.42. The zero-order chi connectivity index (χ0) is 20.1. The third-order valence-corrected chi connectivity index (χ3v) is 4.43. The molecule has 1 aliphatic heterocycles. The third-order valence-electron chi connectivity index (χ3n) is 4.43. The van der Waals surface area contributed by atoms with E-state index >= 15 is 0 Å². The highest BCUT2D eigenvalue weighted by molar-refractivity contribution is 14.0. The van der Waals surface area contributed by atoms with E-state index in [0.717, 1.165) is 16.9 Å². The van der Waals surface area contributed by atoms with Crippen molar-refractivity contribution in [2.24, 2.45) is 12.0 Å². The van der Waals surface area contributed by atoms with Crippen LogP contribution in [0.4, 0.5) is 11.4 Å². The third kappa shape index (κ3) is 5.92. The van der Waals surface area contributed by atoms with E-state index in [1.54, 1.807) is 22.8 Å². The normalized spacial score (nSPS) is 14.4. The average molecular weight is 511 g/mol. The van der Waals surface area contributed by atoms with Crippen molar-refractivity contribution in [1.82, 2.24) is 20.0 Å². The summed E-state index contributed by atoms with van der Waals surface area (Å²) in [5.41, 5.74) is 2.57. The maximum atomic E-state index is 12.6. The van der Waals surface area contributed by atoms with Crippen LogP contribution in [0.25, 0.3) is 0 Å². The van der Waals surface area contributed by atoms with Gasteiger partial charge in [-0.05, 0) is 17.7 Å². The number of carbonyl (C=O) groups excluding carboxylic acids is 2. The van der Waals surface area contributed by atoms with Gasteiger partial charge in [-0.1, -0.05) is 12.1 Å². The van der Waals surface area contributed by atoms with Crippen molar-refractivity contribution in [2.75, 3.05) is 36.9 Å². The number of guanidine groups is 1. The summed E-state index contributed by atoms with van der Waals surface area (Å²) < 4.78 is 1.69. The maximum Gasteiger partial charge on any atom is 0.246 e. The number of amides is 2. The van der Waals surface area contributed by atoms with Crippen LogP contribution in [0.1, 0.15) is 12.5 Å². The van der Waals surface area contributed by atoms with Crippen LogP contribution in [0.3, 0.4) is 0 Å². The summed E-state index contributed by atoms with van der Waals surface area (Å²) in [5, 5.41) is 10.2. The lowest BCUT2D eigenvalue weighted by atomic mass is 10.2. The maximum absolute atomic E-state index is 12.6. The number of hydrogen-bond donors (Lipinski definition) is 2. The molecule has 0 unspecified atom stereocenters. The van der Waals surface area contributed by atoms with Crippen molar-refractivity contribution < 1.29 is 9.59 Å². The fourth-order valence-corrected chi connectivity index (χ4v) is 3.15. The van der Waals surface area contributed by atoms with E-state index in [1.807, 2.05) is 42.4 Å².